The van der Waals surface area contributed by atoms with Crippen LogP contribution in [0.15, 0.2) is 18.2 Å². The number of aromatic nitrogens is 1. The second kappa shape index (κ2) is 8.57. The number of pyridine rings is 1. The highest BCUT2D eigenvalue weighted by Crippen LogP contribution is 2.34. The molecule has 2 rings (SSSR count). The van der Waals surface area contributed by atoms with Gasteiger partial charge in [0.1, 0.15) is 0 Å². The number of rotatable bonds is 6. The first-order valence-corrected chi connectivity index (χ1v) is 10.6. The van der Waals surface area contributed by atoms with Crippen molar-refractivity contribution >= 4 is 21.6 Å². The minimum atomic E-state index is 0.326. The molecule has 5 heteroatoms. The van der Waals surface area contributed by atoms with Crippen molar-refractivity contribution in [3.05, 3.63) is 29.6 Å². The van der Waals surface area contributed by atoms with Gasteiger partial charge >= 0.3 is 0 Å². The fourth-order valence-corrected chi connectivity index (χ4v) is 5.25. The van der Waals surface area contributed by atoms with E-state index in [9.17, 15) is 0 Å². The van der Waals surface area contributed by atoms with Gasteiger partial charge in [-0.2, -0.15) is 0 Å². The lowest BCUT2D eigenvalue weighted by Gasteiger charge is -2.30. The van der Waals surface area contributed by atoms with Gasteiger partial charge in [-0.1, -0.05) is 27.7 Å². The second-order valence-corrected chi connectivity index (χ2v) is 9.79. The average molecular weight is 340 g/mol. The predicted molar refractivity (Wildman–Crippen MR) is 100 cm³/mol. The monoisotopic (exact) mass is 339 g/mol. The summed E-state index contributed by atoms with van der Waals surface area (Å²) in [6, 6.07) is 6.33. The van der Waals surface area contributed by atoms with Crippen molar-refractivity contribution in [2.45, 2.75) is 38.5 Å². The van der Waals surface area contributed by atoms with Gasteiger partial charge in [0.25, 0.3) is 0 Å². The van der Waals surface area contributed by atoms with Crippen LogP contribution < -0.4 is 0 Å². The molecule has 0 radical (unpaired) electrons. The first kappa shape index (κ1) is 18.1. The Morgan fingerprint density at radius 3 is 2.59 bits per heavy atom. The molecule has 0 aliphatic carbocycles. The lowest BCUT2D eigenvalue weighted by molar-refractivity contribution is 0.241. The summed E-state index contributed by atoms with van der Waals surface area (Å²) in [5, 5.41) is 0. The molecule has 0 atom stereocenters. The molecule has 124 valence electrons. The first-order chi connectivity index (χ1) is 10.5. The van der Waals surface area contributed by atoms with Crippen LogP contribution in [0.3, 0.4) is 0 Å². The zero-order chi connectivity index (χ0) is 16.0. The molecule has 2 heterocycles. The molecule has 0 bridgehead atoms. The van der Waals surface area contributed by atoms with Crippen molar-refractivity contribution in [3.8, 4) is 0 Å². The van der Waals surface area contributed by atoms with Crippen molar-refractivity contribution in [1.29, 1.82) is 0 Å². The molecule has 0 unspecified atom stereocenters. The van der Waals surface area contributed by atoms with E-state index in [-0.39, 0.29) is 0 Å². The number of hydrogen-bond donors (Lipinski definition) is 0. The second-order valence-electron chi connectivity index (χ2n) is 6.69. The van der Waals surface area contributed by atoms with Gasteiger partial charge in [0.05, 0.1) is 5.69 Å². The minimum absolute atomic E-state index is 0.326. The predicted octanol–water partition coefficient (Wildman–Crippen LogP) is 3.69. The van der Waals surface area contributed by atoms with E-state index in [1.165, 1.54) is 38.3 Å². The van der Waals surface area contributed by atoms with E-state index in [1.54, 1.807) is 0 Å². The van der Waals surface area contributed by atoms with Gasteiger partial charge in [-0.25, -0.2) is 0 Å². The van der Waals surface area contributed by atoms with Crippen molar-refractivity contribution in [2.75, 3.05) is 39.0 Å². The lowest BCUT2D eigenvalue weighted by atomic mass is 10.2. The molecule has 0 N–H and O–H groups in total. The Bertz CT molecular complexity index is 465. The Morgan fingerprint density at radius 2 is 1.86 bits per heavy atom. The average Bonchev–Trinajstić information content (AvgIpc) is 2.64. The zero-order valence-corrected chi connectivity index (χ0v) is 16.0. The molecule has 1 aliphatic rings. The molecule has 1 aromatic rings. The summed E-state index contributed by atoms with van der Waals surface area (Å²) in [4.78, 5) is 9.82. The molecule has 1 fully saturated rings. The van der Waals surface area contributed by atoms with Gasteiger partial charge in [0.15, 0.2) is 0 Å². The van der Waals surface area contributed by atoms with Gasteiger partial charge in [-0.3, -0.25) is 9.88 Å². The van der Waals surface area contributed by atoms with Crippen LogP contribution in [0.5, 0.6) is 0 Å². The van der Waals surface area contributed by atoms with Crippen LogP contribution in [-0.4, -0.2) is 58.5 Å². The first-order valence-electron chi connectivity index (χ1n) is 8.07. The topological polar surface area (TPSA) is 19.4 Å². The molecular weight excluding hydrogens is 310 g/mol. The van der Waals surface area contributed by atoms with Crippen LogP contribution >= 0.6 is 21.6 Å². The molecule has 0 saturated carbocycles. The Hall–Kier alpha value is -0.230. The zero-order valence-electron chi connectivity index (χ0n) is 14.3. The van der Waals surface area contributed by atoms with E-state index < -0.39 is 0 Å². The minimum Gasteiger partial charge on any atom is -0.301 e. The maximum Gasteiger partial charge on any atom is 0.0547 e. The summed E-state index contributed by atoms with van der Waals surface area (Å²) in [7, 11) is 3.87. The molecule has 1 saturated heterocycles. The van der Waals surface area contributed by atoms with Gasteiger partial charge in [0, 0.05) is 36.6 Å². The Balaban J connectivity index is 1.84. The third kappa shape index (κ3) is 6.11. The maximum absolute atomic E-state index is 4.64. The molecule has 0 spiro atoms. The highest BCUT2D eigenvalue weighted by Gasteiger charge is 2.24. The third-order valence-corrected chi connectivity index (χ3v) is 6.53. The van der Waals surface area contributed by atoms with E-state index in [2.05, 4.69) is 60.0 Å². The Labute approximate surface area is 143 Å². The molecule has 0 aromatic carbocycles. The molecule has 22 heavy (non-hydrogen) atoms. The molecular formula is C17H29N3S2. The van der Waals surface area contributed by atoms with Crippen LogP contribution in [-0.2, 0) is 6.54 Å². The maximum atomic E-state index is 4.64. The lowest BCUT2D eigenvalue weighted by Crippen LogP contribution is -2.38. The van der Waals surface area contributed by atoms with Crippen molar-refractivity contribution in [3.63, 3.8) is 0 Å². The fraction of sp³-hybridized carbons (Fsp3) is 0.706. The summed E-state index contributed by atoms with van der Waals surface area (Å²) in [6.45, 7) is 13.7. The van der Waals surface area contributed by atoms with E-state index in [0.717, 1.165) is 18.8 Å². The van der Waals surface area contributed by atoms with E-state index in [0.29, 0.717) is 4.75 Å². The largest absolute Gasteiger partial charge is 0.301 e. The number of nitrogens with zero attached hydrogens (tertiary/aromatic N) is 3. The Morgan fingerprint density at radius 1 is 1.14 bits per heavy atom. The van der Waals surface area contributed by atoms with E-state index in [4.69, 9.17) is 0 Å². The highest BCUT2D eigenvalue weighted by molar-refractivity contribution is 8.76. The normalized spacial score (nSPS) is 18.4. The molecule has 0 amide bonds. The summed E-state index contributed by atoms with van der Waals surface area (Å²) < 4.78 is 0.326. The van der Waals surface area contributed by atoms with Gasteiger partial charge in [0.2, 0.25) is 0 Å². The van der Waals surface area contributed by atoms with Crippen LogP contribution in [0.25, 0.3) is 0 Å². The SMILES string of the molecule is CSSC(C)(C)CN1CCCN(Cc2cccc(C)n2)CC1. The summed E-state index contributed by atoms with van der Waals surface area (Å²) in [5.74, 6) is 0. The van der Waals surface area contributed by atoms with Crippen LogP contribution in [0, 0.1) is 6.92 Å². The van der Waals surface area contributed by atoms with Crippen molar-refractivity contribution in [2.24, 2.45) is 0 Å². The summed E-state index contributed by atoms with van der Waals surface area (Å²) in [5.41, 5.74) is 2.32. The third-order valence-electron chi connectivity index (χ3n) is 3.93. The van der Waals surface area contributed by atoms with Crippen molar-refractivity contribution in [1.82, 2.24) is 14.8 Å². The van der Waals surface area contributed by atoms with Crippen molar-refractivity contribution < 1.29 is 0 Å². The van der Waals surface area contributed by atoms with Gasteiger partial charge < -0.3 is 4.90 Å². The summed E-state index contributed by atoms with van der Waals surface area (Å²) >= 11 is 0. The fourth-order valence-electron chi connectivity index (χ4n) is 3.05. The smallest absolute Gasteiger partial charge is 0.0547 e. The number of aryl methyl sites for hydroxylation is 1. The van der Waals surface area contributed by atoms with Gasteiger partial charge in [-0.05, 0) is 58.7 Å². The molecule has 3 nitrogen and oxygen atoms in total. The van der Waals surface area contributed by atoms with Crippen LogP contribution in [0.4, 0.5) is 0 Å². The molecule has 1 aliphatic heterocycles. The highest BCUT2D eigenvalue weighted by atomic mass is 33.1. The van der Waals surface area contributed by atoms with E-state index >= 15 is 0 Å². The summed E-state index contributed by atoms with van der Waals surface area (Å²) in [6.07, 6.45) is 3.43. The Kier molecular flexibility index (Phi) is 7.06. The van der Waals surface area contributed by atoms with Crippen LogP contribution in [0.2, 0.25) is 0 Å². The number of hydrogen-bond acceptors (Lipinski definition) is 5. The quantitative estimate of drug-likeness (QED) is 0.734. The van der Waals surface area contributed by atoms with Crippen LogP contribution in [0.1, 0.15) is 31.7 Å². The van der Waals surface area contributed by atoms with Gasteiger partial charge in [-0.15, -0.1) is 0 Å². The van der Waals surface area contributed by atoms with E-state index in [1.807, 2.05) is 21.6 Å². The standard InChI is InChI=1S/C17H29N3S2/c1-15-7-5-8-16(18-15)13-19-9-6-10-20(12-11-19)14-17(2,3)22-21-4/h5,7-8H,6,9-14H2,1-4H3. The molecule has 1 aromatic heterocycles.